The number of pyridine rings is 2. The van der Waals surface area contributed by atoms with Crippen LogP contribution in [0.2, 0.25) is 0 Å². The molecule has 10 nitrogen and oxygen atoms in total. The summed E-state index contributed by atoms with van der Waals surface area (Å²) in [6.07, 6.45) is 4.90. The molecule has 0 unspecified atom stereocenters. The predicted molar refractivity (Wildman–Crippen MR) is 136 cm³/mol. The molecule has 0 aliphatic heterocycles. The van der Waals surface area contributed by atoms with Crippen molar-refractivity contribution in [1.29, 1.82) is 0 Å². The Bertz CT molecular complexity index is 1340. The summed E-state index contributed by atoms with van der Waals surface area (Å²) in [4.78, 5) is 47.4. The minimum atomic E-state index is -4.02. The van der Waals surface area contributed by atoms with Gasteiger partial charge in [0.25, 0.3) is 0 Å². The van der Waals surface area contributed by atoms with E-state index in [0.717, 1.165) is 0 Å². The molecule has 2 heterocycles. The molecule has 0 aliphatic carbocycles. The highest BCUT2D eigenvalue weighted by Gasteiger charge is 2.30. The molecule has 3 aromatic rings. The molecule has 190 valence electrons. The highest BCUT2D eigenvalue weighted by molar-refractivity contribution is 7.89. The van der Waals surface area contributed by atoms with Crippen molar-refractivity contribution in [3.8, 4) is 0 Å². The van der Waals surface area contributed by atoms with Gasteiger partial charge in [0.2, 0.25) is 21.8 Å². The molecule has 3 rings (SSSR count). The molecule has 0 spiro atoms. The van der Waals surface area contributed by atoms with Crippen LogP contribution >= 0.6 is 0 Å². The molecule has 36 heavy (non-hydrogen) atoms. The summed E-state index contributed by atoms with van der Waals surface area (Å²) in [5, 5.41) is 3.21. The number of fused-ring (bicyclic) bond motifs is 1. The number of benzene rings is 1. The van der Waals surface area contributed by atoms with Crippen molar-refractivity contribution < 1.29 is 22.8 Å². The van der Waals surface area contributed by atoms with Gasteiger partial charge in [0.15, 0.2) is 5.78 Å². The minimum absolute atomic E-state index is 0.0381. The van der Waals surface area contributed by atoms with Crippen LogP contribution in [0.4, 0.5) is 5.69 Å². The van der Waals surface area contributed by atoms with Crippen LogP contribution in [-0.2, 0) is 24.4 Å². The Labute approximate surface area is 210 Å². The maximum Gasteiger partial charge on any atom is 0.243 e. The molecule has 0 fully saturated rings. The van der Waals surface area contributed by atoms with Gasteiger partial charge in [-0.15, -0.1) is 0 Å². The van der Waals surface area contributed by atoms with E-state index in [1.54, 1.807) is 36.4 Å². The second-order valence-corrected chi connectivity index (χ2v) is 10.4. The first kappa shape index (κ1) is 26.9. The molecule has 0 saturated carbocycles. The predicted octanol–water partition coefficient (Wildman–Crippen LogP) is 2.06. The van der Waals surface area contributed by atoms with Crippen molar-refractivity contribution in [3.63, 3.8) is 0 Å². The lowest BCUT2D eigenvalue weighted by atomic mass is 10.0. The van der Waals surface area contributed by atoms with Gasteiger partial charge in [-0.2, -0.15) is 0 Å². The lowest BCUT2D eigenvalue weighted by Gasteiger charge is -2.31. The van der Waals surface area contributed by atoms with E-state index in [1.165, 1.54) is 36.5 Å². The van der Waals surface area contributed by atoms with Gasteiger partial charge in [-0.3, -0.25) is 24.4 Å². The third-order valence-electron chi connectivity index (χ3n) is 5.39. The average molecular weight is 512 g/mol. The molecule has 11 heteroatoms. The number of rotatable bonds is 11. The Morgan fingerprint density at radius 3 is 2.33 bits per heavy atom. The number of nitrogens with one attached hydrogen (secondary N) is 2. The van der Waals surface area contributed by atoms with E-state index in [9.17, 15) is 22.8 Å². The summed E-state index contributed by atoms with van der Waals surface area (Å²) in [7, 11) is -4.02. The lowest BCUT2D eigenvalue weighted by Crippen LogP contribution is -2.51. The van der Waals surface area contributed by atoms with Crippen molar-refractivity contribution >= 4 is 44.2 Å². The Hall–Kier alpha value is -3.70. The molecular weight excluding hydrogens is 482 g/mol. The molecule has 1 aromatic carbocycles. The lowest BCUT2D eigenvalue weighted by molar-refractivity contribution is -0.127. The number of sulfonamides is 1. The fourth-order valence-corrected chi connectivity index (χ4v) is 4.96. The second-order valence-electron chi connectivity index (χ2n) is 8.65. The van der Waals surface area contributed by atoms with Crippen LogP contribution in [-0.4, -0.2) is 55.1 Å². The number of aromatic nitrogens is 2. The van der Waals surface area contributed by atoms with E-state index in [1.807, 2.05) is 13.8 Å². The van der Waals surface area contributed by atoms with Gasteiger partial charge >= 0.3 is 0 Å². The van der Waals surface area contributed by atoms with E-state index >= 15 is 0 Å². The summed E-state index contributed by atoms with van der Waals surface area (Å²) >= 11 is 0. The van der Waals surface area contributed by atoms with Gasteiger partial charge in [-0.1, -0.05) is 32.0 Å². The van der Waals surface area contributed by atoms with Gasteiger partial charge in [-0.25, -0.2) is 13.1 Å². The monoisotopic (exact) mass is 511 g/mol. The van der Waals surface area contributed by atoms with Gasteiger partial charge in [0.05, 0.1) is 18.6 Å². The van der Waals surface area contributed by atoms with Crippen molar-refractivity contribution in [2.45, 2.75) is 38.1 Å². The topological polar surface area (TPSA) is 138 Å². The third-order valence-corrected chi connectivity index (χ3v) is 6.83. The number of hydrogen-bond donors (Lipinski definition) is 2. The number of amides is 2. The van der Waals surface area contributed by atoms with Crippen molar-refractivity contribution in [3.05, 3.63) is 61.1 Å². The third kappa shape index (κ3) is 6.70. The number of carbonyl (C=O) groups is 3. The van der Waals surface area contributed by atoms with Crippen LogP contribution < -0.4 is 14.9 Å². The van der Waals surface area contributed by atoms with Gasteiger partial charge in [-0.05, 0) is 36.6 Å². The van der Waals surface area contributed by atoms with Gasteiger partial charge < -0.3 is 10.2 Å². The fourth-order valence-electron chi connectivity index (χ4n) is 3.77. The van der Waals surface area contributed by atoms with Crippen molar-refractivity contribution in [2.24, 2.45) is 5.92 Å². The van der Waals surface area contributed by atoms with Crippen molar-refractivity contribution in [2.75, 3.05) is 18.0 Å². The molecule has 0 radical (unpaired) electrons. The Morgan fingerprint density at radius 2 is 1.67 bits per heavy atom. The number of Topliss-reactive ketones (excluding diaryl/α,β-unsaturated/α-hetero) is 1. The maximum atomic E-state index is 13.1. The molecule has 0 saturated heterocycles. The maximum absolute atomic E-state index is 13.1. The van der Waals surface area contributed by atoms with Crippen LogP contribution in [0.1, 0.15) is 27.2 Å². The zero-order valence-electron chi connectivity index (χ0n) is 20.3. The number of ketones is 1. The van der Waals surface area contributed by atoms with Gasteiger partial charge in [0.1, 0.15) is 10.9 Å². The summed E-state index contributed by atoms with van der Waals surface area (Å²) in [5.41, 5.74) is 0.811. The minimum Gasteiger partial charge on any atom is -0.347 e. The summed E-state index contributed by atoms with van der Waals surface area (Å²) in [5.74, 6) is -1.29. The molecule has 2 N–H and O–H groups in total. The van der Waals surface area contributed by atoms with Crippen LogP contribution in [0.15, 0.2) is 66.0 Å². The van der Waals surface area contributed by atoms with E-state index < -0.39 is 40.8 Å². The SMILES string of the molecule is CC(=O)N(c1ccncc1)[C@@H](CC(C)C)C(=O)NCC(=O)CNS(=O)(=O)c1cccc2cccnc12. The molecular formula is C25H29N5O5S. The largest absolute Gasteiger partial charge is 0.347 e. The van der Waals surface area contributed by atoms with E-state index in [4.69, 9.17) is 0 Å². The highest BCUT2D eigenvalue weighted by Crippen LogP contribution is 2.22. The smallest absolute Gasteiger partial charge is 0.243 e. The number of hydrogen-bond acceptors (Lipinski definition) is 7. The van der Waals surface area contributed by atoms with Gasteiger partial charge in [0, 0.05) is 36.6 Å². The molecule has 0 aliphatic rings. The van der Waals surface area contributed by atoms with Crippen LogP contribution in [0.5, 0.6) is 0 Å². The summed E-state index contributed by atoms with van der Waals surface area (Å²) in [6, 6.07) is 10.6. The van der Waals surface area contributed by atoms with Crippen LogP contribution in [0.3, 0.4) is 0 Å². The molecule has 2 aromatic heterocycles. The molecule has 0 bridgehead atoms. The number of para-hydroxylation sites is 1. The van der Waals surface area contributed by atoms with Crippen molar-refractivity contribution in [1.82, 2.24) is 20.0 Å². The van der Waals surface area contributed by atoms with E-state index in [-0.39, 0.29) is 16.7 Å². The second kappa shape index (κ2) is 11.8. The average Bonchev–Trinajstić information content (AvgIpc) is 2.85. The summed E-state index contributed by atoms with van der Waals surface area (Å²) in [6.45, 7) is 4.30. The number of carbonyl (C=O) groups excluding carboxylic acids is 3. The highest BCUT2D eigenvalue weighted by atomic mass is 32.2. The quantitative estimate of drug-likeness (QED) is 0.402. The summed E-state index contributed by atoms with van der Waals surface area (Å²) < 4.78 is 27.9. The Kier molecular flexibility index (Phi) is 8.83. The van der Waals surface area contributed by atoms with Crippen LogP contribution in [0.25, 0.3) is 10.9 Å². The number of nitrogens with zero attached hydrogens (tertiary/aromatic N) is 3. The first-order valence-electron chi connectivity index (χ1n) is 11.4. The molecule has 1 atom stereocenters. The zero-order valence-corrected chi connectivity index (χ0v) is 21.2. The number of anilines is 1. The molecule has 2 amide bonds. The first-order valence-corrected chi connectivity index (χ1v) is 12.9. The fraction of sp³-hybridized carbons (Fsp3) is 0.320. The Morgan fingerprint density at radius 1 is 0.972 bits per heavy atom. The normalized spacial score (nSPS) is 12.3. The van der Waals surface area contributed by atoms with E-state index in [0.29, 0.717) is 23.0 Å². The Balaban J connectivity index is 1.67. The standard InChI is InChI=1S/C25H29N5O5S/c1-17(2)14-22(30(18(3)31)20-9-12-26-13-10-20)25(33)28-15-21(32)16-29-36(34,35)23-8-4-6-19-7-5-11-27-24(19)23/h4-13,17,22,29H,14-16H2,1-3H3,(H,28,33)/t22-/m0/s1. The zero-order chi connectivity index (χ0) is 26.3. The first-order chi connectivity index (χ1) is 17.1. The van der Waals surface area contributed by atoms with E-state index in [2.05, 4.69) is 20.0 Å². The van der Waals surface area contributed by atoms with Crippen LogP contribution in [0, 0.1) is 5.92 Å².